The minimum Gasteiger partial charge on any atom is -0.378 e. The highest BCUT2D eigenvalue weighted by Crippen LogP contribution is 2.41. The van der Waals surface area contributed by atoms with Crippen LogP contribution in [0.3, 0.4) is 0 Å². The first-order chi connectivity index (χ1) is 12.5. The molecule has 0 unspecified atom stereocenters. The van der Waals surface area contributed by atoms with Gasteiger partial charge in [0.05, 0.1) is 0 Å². The molecule has 0 radical (unpaired) electrons. The van der Waals surface area contributed by atoms with E-state index in [0.717, 1.165) is 34.9 Å². The molecule has 1 aromatic heterocycles. The first kappa shape index (κ1) is 17.1. The van der Waals surface area contributed by atoms with Crippen molar-refractivity contribution >= 4 is 29.2 Å². The molecule has 2 heterocycles. The zero-order valence-electron chi connectivity index (χ0n) is 15.5. The van der Waals surface area contributed by atoms with Crippen LogP contribution in [0.15, 0.2) is 40.7 Å². The Bertz CT molecular complexity index is 884. The van der Waals surface area contributed by atoms with Gasteiger partial charge < -0.3 is 10.2 Å². The number of hydrogen-bond acceptors (Lipinski definition) is 6. The summed E-state index contributed by atoms with van der Waals surface area (Å²) in [6, 6.07) is 8.13. The van der Waals surface area contributed by atoms with E-state index in [0.29, 0.717) is 17.5 Å². The lowest BCUT2D eigenvalue weighted by molar-refractivity contribution is -0.117. The highest BCUT2D eigenvalue weighted by molar-refractivity contribution is 7.98. The van der Waals surface area contributed by atoms with Gasteiger partial charge in [-0.1, -0.05) is 30.8 Å². The number of thioether (sulfide) groups is 1. The SMILES string of the molecule is CSc1nc2n(n1)[C@H](c1ccc(N(C)C)cc1)C1=C(C[C@@H](C)CC1=O)N2. The van der Waals surface area contributed by atoms with Crippen LogP contribution < -0.4 is 10.2 Å². The number of nitrogens with zero attached hydrogens (tertiary/aromatic N) is 4. The fourth-order valence-corrected chi connectivity index (χ4v) is 4.08. The molecule has 1 aliphatic heterocycles. The zero-order chi connectivity index (χ0) is 18.4. The third kappa shape index (κ3) is 2.80. The summed E-state index contributed by atoms with van der Waals surface area (Å²) in [5.41, 5.74) is 4.03. The number of aromatic nitrogens is 3. The first-order valence-corrected chi connectivity index (χ1v) is 10.0. The summed E-state index contributed by atoms with van der Waals surface area (Å²) in [7, 11) is 4.04. The number of benzene rings is 1. The van der Waals surface area contributed by atoms with Crippen molar-refractivity contribution in [2.45, 2.75) is 31.0 Å². The topological polar surface area (TPSA) is 63.1 Å². The van der Waals surface area contributed by atoms with E-state index in [2.05, 4.69) is 51.5 Å². The number of hydrogen-bond donors (Lipinski definition) is 1. The largest absolute Gasteiger partial charge is 0.378 e. The number of Topliss-reactive ketones (excluding diaryl/α,β-unsaturated/α-hetero) is 1. The van der Waals surface area contributed by atoms with Crippen LogP contribution in [-0.4, -0.2) is 40.9 Å². The Morgan fingerprint density at radius 3 is 2.62 bits per heavy atom. The summed E-state index contributed by atoms with van der Waals surface area (Å²) in [6.07, 6.45) is 3.42. The molecule has 4 rings (SSSR count). The van der Waals surface area contributed by atoms with Gasteiger partial charge in [0.2, 0.25) is 11.1 Å². The highest BCUT2D eigenvalue weighted by atomic mass is 32.2. The van der Waals surface area contributed by atoms with Crippen molar-refractivity contribution in [2.24, 2.45) is 5.92 Å². The number of carbonyl (C=O) groups is 1. The van der Waals surface area contributed by atoms with Gasteiger partial charge in [-0.15, -0.1) is 5.10 Å². The number of carbonyl (C=O) groups excluding carboxylic acids is 1. The molecule has 136 valence electrons. The monoisotopic (exact) mass is 369 g/mol. The molecule has 0 bridgehead atoms. The molecule has 2 aromatic rings. The molecule has 0 saturated carbocycles. The van der Waals surface area contributed by atoms with E-state index in [1.165, 1.54) is 11.8 Å². The maximum absolute atomic E-state index is 12.9. The third-order valence-electron chi connectivity index (χ3n) is 5.01. The van der Waals surface area contributed by atoms with Gasteiger partial charge in [-0.25, -0.2) is 4.68 Å². The predicted molar refractivity (Wildman–Crippen MR) is 105 cm³/mol. The molecular weight excluding hydrogens is 346 g/mol. The second-order valence-corrected chi connectivity index (χ2v) is 7.98. The van der Waals surface area contributed by atoms with Crippen molar-refractivity contribution in [3.05, 3.63) is 41.1 Å². The quantitative estimate of drug-likeness (QED) is 0.838. The van der Waals surface area contributed by atoms with E-state index in [1.807, 2.05) is 25.0 Å². The number of fused-ring (bicyclic) bond motifs is 1. The number of ketones is 1. The van der Waals surface area contributed by atoms with Gasteiger partial charge in [0.1, 0.15) is 6.04 Å². The lowest BCUT2D eigenvalue weighted by Gasteiger charge is -2.34. The zero-order valence-corrected chi connectivity index (χ0v) is 16.3. The fourth-order valence-electron chi connectivity index (χ4n) is 3.74. The molecule has 2 aliphatic rings. The van der Waals surface area contributed by atoms with E-state index >= 15 is 0 Å². The summed E-state index contributed by atoms with van der Waals surface area (Å²) >= 11 is 1.51. The smallest absolute Gasteiger partial charge is 0.227 e. The average molecular weight is 369 g/mol. The third-order valence-corrected chi connectivity index (χ3v) is 5.55. The van der Waals surface area contributed by atoms with Crippen molar-refractivity contribution < 1.29 is 4.79 Å². The number of allylic oxidation sites excluding steroid dienone is 2. The van der Waals surface area contributed by atoms with Crippen LogP contribution >= 0.6 is 11.8 Å². The number of rotatable bonds is 3. The Morgan fingerprint density at radius 2 is 1.96 bits per heavy atom. The van der Waals surface area contributed by atoms with E-state index in [1.54, 1.807) is 0 Å². The van der Waals surface area contributed by atoms with Gasteiger partial charge in [-0.2, -0.15) is 4.98 Å². The molecule has 1 aliphatic carbocycles. The van der Waals surface area contributed by atoms with Crippen LogP contribution in [0.25, 0.3) is 0 Å². The van der Waals surface area contributed by atoms with E-state index in [-0.39, 0.29) is 11.8 Å². The van der Waals surface area contributed by atoms with Crippen LogP contribution in [-0.2, 0) is 4.79 Å². The Hall–Kier alpha value is -2.28. The molecule has 0 spiro atoms. The van der Waals surface area contributed by atoms with Gasteiger partial charge in [-0.3, -0.25) is 4.79 Å². The summed E-state index contributed by atoms with van der Waals surface area (Å²) in [5, 5.41) is 8.72. The molecule has 0 amide bonds. The van der Waals surface area contributed by atoms with Crippen molar-refractivity contribution in [3.63, 3.8) is 0 Å². The molecule has 0 saturated heterocycles. The molecule has 2 atom stereocenters. The summed E-state index contributed by atoms with van der Waals surface area (Å²) in [6.45, 7) is 2.12. The second-order valence-electron chi connectivity index (χ2n) is 7.21. The van der Waals surface area contributed by atoms with Crippen LogP contribution in [0, 0.1) is 5.92 Å². The van der Waals surface area contributed by atoms with Crippen molar-refractivity contribution in [2.75, 3.05) is 30.6 Å². The minimum absolute atomic E-state index is 0.208. The number of anilines is 2. The van der Waals surface area contributed by atoms with Crippen LogP contribution in [0.2, 0.25) is 0 Å². The Morgan fingerprint density at radius 1 is 1.23 bits per heavy atom. The standard InChI is InChI=1S/C19H23N5OS/c1-11-9-14-16(15(25)10-11)17(12-5-7-13(8-6-12)23(2)3)24-18(20-14)21-19(22-24)26-4/h5-8,11,17H,9-10H2,1-4H3,(H,20,21,22)/t11-,17-/m1/s1. The number of nitrogens with one attached hydrogen (secondary N) is 1. The molecule has 7 heteroatoms. The van der Waals surface area contributed by atoms with Crippen molar-refractivity contribution in [1.29, 1.82) is 0 Å². The normalized spacial score (nSPS) is 21.9. The Balaban J connectivity index is 1.85. The van der Waals surface area contributed by atoms with Gasteiger partial charge in [0.15, 0.2) is 5.78 Å². The molecular formula is C19H23N5OS. The van der Waals surface area contributed by atoms with Gasteiger partial charge >= 0.3 is 0 Å². The molecule has 6 nitrogen and oxygen atoms in total. The second kappa shape index (κ2) is 6.46. The van der Waals surface area contributed by atoms with Crippen LogP contribution in [0.4, 0.5) is 11.6 Å². The summed E-state index contributed by atoms with van der Waals surface area (Å²) < 4.78 is 1.86. The van der Waals surface area contributed by atoms with Gasteiger partial charge in [0.25, 0.3) is 0 Å². The summed E-state index contributed by atoms with van der Waals surface area (Å²) in [4.78, 5) is 19.6. The predicted octanol–water partition coefficient (Wildman–Crippen LogP) is 3.33. The molecule has 1 N–H and O–H groups in total. The molecule has 0 fully saturated rings. The van der Waals surface area contributed by atoms with Crippen LogP contribution in [0.1, 0.15) is 31.4 Å². The lowest BCUT2D eigenvalue weighted by atomic mass is 9.81. The van der Waals surface area contributed by atoms with Crippen molar-refractivity contribution in [1.82, 2.24) is 14.8 Å². The highest BCUT2D eigenvalue weighted by Gasteiger charge is 2.38. The molecule has 26 heavy (non-hydrogen) atoms. The Kier molecular flexibility index (Phi) is 4.26. The maximum Gasteiger partial charge on any atom is 0.227 e. The first-order valence-electron chi connectivity index (χ1n) is 8.79. The van der Waals surface area contributed by atoms with Gasteiger partial charge in [0, 0.05) is 37.5 Å². The van der Waals surface area contributed by atoms with E-state index in [9.17, 15) is 4.79 Å². The lowest BCUT2D eigenvalue weighted by Crippen LogP contribution is -2.33. The summed E-state index contributed by atoms with van der Waals surface area (Å²) in [5.74, 6) is 1.27. The van der Waals surface area contributed by atoms with Crippen molar-refractivity contribution in [3.8, 4) is 0 Å². The van der Waals surface area contributed by atoms with Gasteiger partial charge in [-0.05, 0) is 36.3 Å². The maximum atomic E-state index is 12.9. The fraction of sp³-hybridized carbons (Fsp3) is 0.421. The van der Waals surface area contributed by atoms with Crippen LogP contribution in [0.5, 0.6) is 0 Å². The molecule has 1 aromatic carbocycles. The minimum atomic E-state index is -0.217. The average Bonchev–Trinajstić information content (AvgIpc) is 3.02. The van der Waals surface area contributed by atoms with E-state index in [4.69, 9.17) is 0 Å². The van der Waals surface area contributed by atoms with E-state index < -0.39 is 0 Å². The Labute approximate surface area is 157 Å².